The van der Waals surface area contributed by atoms with Crippen molar-refractivity contribution in [2.75, 3.05) is 13.7 Å². The zero-order chi connectivity index (χ0) is 19.2. The van der Waals surface area contributed by atoms with Crippen LogP contribution in [0.3, 0.4) is 0 Å². The molecule has 3 aromatic carbocycles. The first-order valence-electron chi connectivity index (χ1n) is 8.66. The van der Waals surface area contributed by atoms with Gasteiger partial charge in [0, 0.05) is 10.9 Å². The van der Waals surface area contributed by atoms with Gasteiger partial charge in [0.2, 0.25) is 0 Å². The summed E-state index contributed by atoms with van der Waals surface area (Å²) in [5, 5.41) is 6.05. The summed E-state index contributed by atoms with van der Waals surface area (Å²) >= 11 is 0. The van der Waals surface area contributed by atoms with Crippen LogP contribution in [0, 0.1) is 13.8 Å². The van der Waals surface area contributed by atoms with Crippen molar-refractivity contribution in [2.45, 2.75) is 13.8 Å². The number of carbonyl (C=O) groups excluding carboxylic acids is 1. The van der Waals surface area contributed by atoms with Crippen molar-refractivity contribution in [3.8, 4) is 11.5 Å². The summed E-state index contributed by atoms with van der Waals surface area (Å²) in [5.41, 5.74) is 5.47. The third kappa shape index (κ3) is 4.44. The van der Waals surface area contributed by atoms with E-state index in [2.05, 4.69) is 10.5 Å². The fourth-order valence-electron chi connectivity index (χ4n) is 2.80. The van der Waals surface area contributed by atoms with Gasteiger partial charge in [-0.1, -0.05) is 36.4 Å². The molecular weight excluding hydrogens is 340 g/mol. The molecule has 5 nitrogen and oxygen atoms in total. The minimum absolute atomic E-state index is 0.0923. The lowest BCUT2D eigenvalue weighted by molar-refractivity contribution is -0.123. The fourth-order valence-corrected chi connectivity index (χ4v) is 2.80. The summed E-state index contributed by atoms with van der Waals surface area (Å²) in [6.07, 6.45) is 1.62. The summed E-state index contributed by atoms with van der Waals surface area (Å²) < 4.78 is 11.0. The van der Waals surface area contributed by atoms with Crippen LogP contribution in [-0.2, 0) is 4.79 Å². The number of fused-ring (bicyclic) bond motifs is 1. The molecular formula is C22H22N2O3. The Labute approximate surface area is 158 Å². The van der Waals surface area contributed by atoms with Crippen molar-refractivity contribution in [1.82, 2.24) is 5.43 Å². The Bertz CT molecular complexity index is 996. The maximum atomic E-state index is 12.0. The second kappa shape index (κ2) is 8.36. The van der Waals surface area contributed by atoms with Gasteiger partial charge in [-0.15, -0.1) is 0 Å². The van der Waals surface area contributed by atoms with Gasteiger partial charge >= 0.3 is 0 Å². The lowest BCUT2D eigenvalue weighted by atomic mass is 10.0. The average molecular weight is 362 g/mol. The molecule has 0 aromatic heterocycles. The molecule has 0 aliphatic heterocycles. The lowest BCUT2D eigenvalue weighted by Crippen LogP contribution is -2.24. The van der Waals surface area contributed by atoms with Crippen molar-refractivity contribution < 1.29 is 14.3 Å². The Balaban J connectivity index is 1.64. The van der Waals surface area contributed by atoms with Gasteiger partial charge in [0.1, 0.15) is 11.5 Å². The number of nitrogens with one attached hydrogen (secondary N) is 1. The van der Waals surface area contributed by atoms with Crippen LogP contribution in [0.5, 0.6) is 11.5 Å². The van der Waals surface area contributed by atoms with E-state index in [0.717, 1.165) is 33.2 Å². The molecule has 0 bridgehead atoms. The number of aryl methyl sites for hydroxylation is 2. The Morgan fingerprint density at radius 1 is 1.04 bits per heavy atom. The number of benzene rings is 3. The standard InChI is InChI=1S/C22H22N2O3/c1-15-8-9-16(2)21(12-15)27-14-22(25)24-23-13-17-10-11-20(26-3)19-7-5-4-6-18(17)19/h4-13H,14H2,1-3H3,(H,24,25)/b23-13+. The third-order valence-electron chi connectivity index (χ3n) is 4.23. The number of carbonyl (C=O) groups is 1. The van der Waals surface area contributed by atoms with Crippen molar-refractivity contribution >= 4 is 22.9 Å². The van der Waals surface area contributed by atoms with E-state index in [9.17, 15) is 4.79 Å². The van der Waals surface area contributed by atoms with Gasteiger partial charge in [-0.25, -0.2) is 5.43 Å². The van der Waals surface area contributed by atoms with E-state index in [1.165, 1.54) is 0 Å². The predicted octanol–water partition coefficient (Wildman–Crippen LogP) is 3.99. The maximum absolute atomic E-state index is 12.0. The van der Waals surface area contributed by atoms with E-state index in [1.54, 1.807) is 13.3 Å². The van der Waals surface area contributed by atoms with Crippen molar-refractivity contribution in [3.05, 3.63) is 71.3 Å². The van der Waals surface area contributed by atoms with Crippen LogP contribution in [0.2, 0.25) is 0 Å². The Kier molecular flexibility index (Phi) is 5.71. The molecule has 0 heterocycles. The number of nitrogens with zero attached hydrogens (tertiary/aromatic N) is 1. The number of amides is 1. The number of ether oxygens (including phenoxy) is 2. The molecule has 0 saturated heterocycles. The number of hydrazone groups is 1. The van der Waals surface area contributed by atoms with Crippen LogP contribution < -0.4 is 14.9 Å². The van der Waals surface area contributed by atoms with Crippen molar-refractivity contribution in [3.63, 3.8) is 0 Å². The number of methoxy groups -OCH3 is 1. The second-order valence-corrected chi connectivity index (χ2v) is 6.25. The molecule has 138 valence electrons. The highest BCUT2D eigenvalue weighted by Crippen LogP contribution is 2.27. The highest BCUT2D eigenvalue weighted by molar-refractivity contribution is 6.02. The van der Waals surface area contributed by atoms with Gasteiger partial charge in [0.05, 0.1) is 13.3 Å². The zero-order valence-corrected chi connectivity index (χ0v) is 15.7. The first kappa shape index (κ1) is 18.5. The topological polar surface area (TPSA) is 59.9 Å². The molecule has 0 unspecified atom stereocenters. The molecule has 0 spiro atoms. The van der Waals surface area contributed by atoms with Crippen LogP contribution in [-0.4, -0.2) is 25.8 Å². The minimum Gasteiger partial charge on any atom is -0.496 e. The van der Waals surface area contributed by atoms with Crippen LogP contribution in [0.25, 0.3) is 10.8 Å². The van der Waals surface area contributed by atoms with Crippen LogP contribution in [0.15, 0.2) is 59.7 Å². The summed E-state index contributed by atoms with van der Waals surface area (Å²) in [7, 11) is 1.64. The van der Waals surface area contributed by atoms with Crippen LogP contribution in [0.1, 0.15) is 16.7 Å². The Morgan fingerprint density at radius 3 is 2.59 bits per heavy atom. The van der Waals surface area contributed by atoms with Crippen molar-refractivity contribution in [2.24, 2.45) is 5.10 Å². The van der Waals surface area contributed by atoms with Gasteiger partial charge in [-0.2, -0.15) is 5.10 Å². The highest BCUT2D eigenvalue weighted by Gasteiger charge is 2.06. The van der Waals surface area contributed by atoms with E-state index in [0.29, 0.717) is 5.75 Å². The molecule has 3 aromatic rings. The average Bonchev–Trinajstić information content (AvgIpc) is 2.68. The smallest absolute Gasteiger partial charge is 0.277 e. The quantitative estimate of drug-likeness (QED) is 0.533. The number of hydrogen-bond acceptors (Lipinski definition) is 4. The molecule has 0 radical (unpaired) electrons. The summed E-state index contributed by atoms with van der Waals surface area (Å²) in [4.78, 5) is 12.0. The molecule has 0 fully saturated rings. The van der Waals surface area contributed by atoms with Crippen LogP contribution in [0.4, 0.5) is 0 Å². The molecule has 0 atom stereocenters. The Hall–Kier alpha value is -3.34. The van der Waals surface area contributed by atoms with Crippen molar-refractivity contribution in [1.29, 1.82) is 0 Å². The molecule has 1 amide bonds. The largest absolute Gasteiger partial charge is 0.496 e. The Morgan fingerprint density at radius 2 is 1.81 bits per heavy atom. The zero-order valence-electron chi connectivity index (χ0n) is 15.7. The van der Waals surface area contributed by atoms with Gasteiger partial charge in [0.15, 0.2) is 6.61 Å². The van der Waals surface area contributed by atoms with Gasteiger partial charge in [-0.05, 0) is 48.6 Å². The van der Waals surface area contributed by atoms with E-state index in [1.807, 2.05) is 68.4 Å². The summed E-state index contributed by atoms with van der Waals surface area (Å²) in [6.45, 7) is 3.83. The predicted molar refractivity (Wildman–Crippen MR) is 108 cm³/mol. The second-order valence-electron chi connectivity index (χ2n) is 6.25. The van der Waals surface area contributed by atoms with E-state index in [-0.39, 0.29) is 12.5 Å². The van der Waals surface area contributed by atoms with Gasteiger partial charge < -0.3 is 9.47 Å². The van der Waals surface area contributed by atoms with E-state index >= 15 is 0 Å². The molecule has 27 heavy (non-hydrogen) atoms. The summed E-state index contributed by atoms with van der Waals surface area (Å²) in [5.74, 6) is 1.19. The fraction of sp³-hybridized carbons (Fsp3) is 0.182. The van der Waals surface area contributed by atoms with Gasteiger partial charge in [-0.3, -0.25) is 4.79 Å². The molecule has 0 aliphatic carbocycles. The molecule has 0 aliphatic rings. The SMILES string of the molecule is COc1ccc(/C=N/NC(=O)COc2cc(C)ccc2C)c2ccccc12. The third-order valence-corrected chi connectivity index (χ3v) is 4.23. The molecule has 5 heteroatoms. The lowest BCUT2D eigenvalue weighted by Gasteiger charge is -2.09. The van der Waals surface area contributed by atoms with Crippen LogP contribution >= 0.6 is 0 Å². The first-order chi connectivity index (χ1) is 13.1. The first-order valence-corrected chi connectivity index (χ1v) is 8.66. The molecule has 1 N–H and O–H groups in total. The summed E-state index contributed by atoms with van der Waals surface area (Å²) in [6, 6.07) is 17.6. The molecule has 3 rings (SSSR count). The maximum Gasteiger partial charge on any atom is 0.277 e. The highest BCUT2D eigenvalue weighted by atomic mass is 16.5. The number of rotatable bonds is 6. The van der Waals surface area contributed by atoms with Gasteiger partial charge in [0.25, 0.3) is 5.91 Å². The van der Waals surface area contributed by atoms with E-state index < -0.39 is 0 Å². The number of hydrogen-bond donors (Lipinski definition) is 1. The van der Waals surface area contributed by atoms with E-state index in [4.69, 9.17) is 9.47 Å². The minimum atomic E-state index is -0.315. The normalized spacial score (nSPS) is 10.9. The monoisotopic (exact) mass is 362 g/mol. The molecule has 0 saturated carbocycles.